The molecule has 0 aromatic heterocycles. The first-order valence-corrected chi connectivity index (χ1v) is 7.25. The summed E-state index contributed by atoms with van der Waals surface area (Å²) in [5.41, 5.74) is 2.38. The zero-order chi connectivity index (χ0) is 15.4. The largest absolute Gasteiger partial charge is 0.493 e. The predicted octanol–water partition coefficient (Wildman–Crippen LogP) is 4.53. The fourth-order valence-electron chi connectivity index (χ4n) is 2.02. The molecule has 0 bridgehead atoms. The molecule has 21 heavy (non-hydrogen) atoms. The number of benzene rings is 2. The first-order chi connectivity index (χ1) is 10.1. The third-order valence-electron chi connectivity index (χ3n) is 3.29. The Morgan fingerprint density at radius 2 is 1.81 bits per heavy atom. The highest BCUT2D eigenvalue weighted by molar-refractivity contribution is 9.10. The molecule has 2 rings (SSSR count). The lowest BCUT2D eigenvalue weighted by molar-refractivity contribution is 0.354. The van der Waals surface area contributed by atoms with Gasteiger partial charge in [0, 0.05) is 22.3 Å². The van der Waals surface area contributed by atoms with Gasteiger partial charge in [0.25, 0.3) is 0 Å². The van der Waals surface area contributed by atoms with Gasteiger partial charge in [-0.15, -0.1) is 0 Å². The van der Waals surface area contributed by atoms with Crippen molar-refractivity contribution in [3.63, 3.8) is 0 Å². The molecular formula is C16H17BrFNO2. The number of rotatable bonds is 5. The van der Waals surface area contributed by atoms with Crippen LogP contribution in [0.25, 0.3) is 0 Å². The number of anilines is 1. The maximum Gasteiger partial charge on any atom is 0.161 e. The van der Waals surface area contributed by atoms with Crippen molar-refractivity contribution >= 4 is 21.6 Å². The first-order valence-electron chi connectivity index (χ1n) is 6.46. The van der Waals surface area contributed by atoms with Crippen molar-refractivity contribution in [2.24, 2.45) is 0 Å². The molecule has 0 heterocycles. The molecule has 0 saturated heterocycles. The van der Waals surface area contributed by atoms with Gasteiger partial charge in [-0.2, -0.15) is 0 Å². The Bertz CT molecular complexity index is 646. The smallest absolute Gasteiger partial charge is 0.161 e. The van der Waals surface area contributed by atoms with Crippen LogP contribution in [-0.4, -0.2) is 14.2 Å². The van der Waals surface area contributed by atoms with E-state index in [0.717, 1.165) is 15.7 Å². The van der Waals surface area contributed by atoms with Crippen LogP contribution in [0.5, 0.6) is 11.5 Å². The Kier molecular flexibility index (Phi) is 5.07. The average molecular weight is 354 g/mol. The molecule has 0 aliphatic carbocycles. The van der Waals surface area contributed by atoms with Gasteiger partial charge in [0.2, 0.25) is 0 Å². The van der Waals surface area contributed by atoms with Crippen LogP contribution >= 0.6 is 15.9 Å². The molecule has 0 unspecified atom stereocenters. The minimum atomic E-state index is -0.216. The van der Waals surface area contributed by atoms with Crippen molar-refractivity contribution < 1.29 is 13.9 Å². The molecular weight excluding hydrogens is 337 g/mol. The highest BCUT2D eigenvalue weighted by atomic mass is 79.9. The van der Waals surface area contributed by atoms with E-state index in [0.29, 0.717) is 23.6 Å². The first kappa shape index (κ1) is 15.6. The van der Waals surface area contributed by atoms with Crippen LogP contribution in [0, 0.1) is 12.7 Å². The normalized spacial score (nSPS) is 10.3. The van der Waals surface area contributed by atoms with Gasteiger partial charge < -0.3 is 14.8 Å². The summed E-state index contributed by atoms with van der Waals surface area (Å²) in [7, 11) is 3.19. The number of hydrogen-bond acceptors (Lipinski definition) is 3. The number of nitrogens with one attached hydrogen (secondary N) is 1. The van der Waals surface area contributed by atoms with Crippen LogP contribution < -0.4 is 14.8 Å². The van der Waals surface area contributed by atoms with Gasteiger partial charge in [-0.3, -0.25) is 0 Å². The second-order valence-corrected chi connectivity index (χ2v) is 5.42. The molecule has 0 saturated carbocycles. The van der Waals surface area contributed by atoms with Crippen molar-refractivity contribution in [3.05, 3.63) is 51.7 Å². The Balaban J connectivity index is 2.22. The lowest BCUT2D eigenvalue weighted by Crippen LogP contribution is -2.03. The van der Waals surface area contributed by atoms with E-state index in [-0.39, 0.29) is 5.82 Å². The minimum Gasteiger partial charge on any atom is -0.493 e. The van der Waals surface area contributed by atoms with E-state index in [1.165, 1.54) is 6.07 Å². The van der Waals surface area contributed by atoms with Gasteiger partial charge in [-0.05, 0) is 36.8 Å². The van der Waals surface area contributed by atoms with Crippen molar-refractivity contribution in [3.8, 4) is 11.5 Å². The highest BCUT2D eigenvalue weighted by Crippen LogP contribution is 2.33. The van der Waals surface area contributed by atoms with Crippen LogP contribution in [0.2, 0.25) is 0 Å². The quantitative estimate of drug-likeness (QED) is 0.856. The minimum absolute atomic E-state index is 0.216. The highest BCUT2D eigenvalue weighted by Gasteiger charge is 2.10. The molecule has 0 spiro atoms. The molecule has 1 N–H and O–H groups in total. The van der Waals surface area contributed by atoms with Crippen LogP contribution in [0.15, 0.2) is 34.8 Å². The average Bonchev–Trinajstić information content (AvgIpc) is 2.49. The summed E-state index contributed by atoms with van der Waals surface area (Å²) < 4.78 is 25.0. The van der Waals surface area contributed by atoms with E-state index in [2.05, 4.69) is 21.2 Å². The van der Waals surface area contributed by atoms with Gasteiger partial charge in [0.05, 0.1) is 14.2 Å². The standard InChI is InChI=1S/C16H17BrFNO2/c1-10-13(18)5-4-6-14(10)19-9-11-7-15(20-2)16(21-3)8-12(11)17/h4-8,19H,9H2,1-3H3. The summed E-state index contributed by atoms with van der Waals surface area (Å²) >= 11 is 3.51. The van der Waals surface area contributed by atoms with Crippen LogP contribution in [-0.2, 0) is 6.54 Å². The maximum absolute atomic E-state index is 13.5. The summed E-state index contributed by atoms with van der Waals surface area (Å²) in [5.74, 6) is 1.11. The zero-order valence-corrected chi connectivity index (χ0v) is 13.8. The molecule has 0 amide bonds. The van der Waals surface area contributed by atoms with Gasteiger partial charge >= 0.3 is 0 Å². The van der Waals surface area contributed by atoms with E-state index in [1.807, 2.05) is 18.2 Å². The molecule has 0 aliphatic heterocycles. The summed E-state index contributed by atoms with van der Waals surface area (Å²) in [6, 6.07) is 8.74. The molecule has 0 atom stereocenters. The number of halogens is 2. The Labute approximate surface area is 132 Å². The van der Waals surface area contributed by atoms with Gasteiger partial charge in [-0.25, -0.2) is 4.39 Å². The molecule has 112 valence electrons. The lowest BCUT2D eigenvalue weighted by atomic mass is 10.1. The number of hydrogen-bond donors (Lipinski definition) is 1. The van der Waals surface area contributed by atoms with Gasteiger partial charge in [-0.1, -0.05) is 22.0 Å². The van der Waals surface area contributed by atoms with Crippen molar-refractivity contribution in [2.75, 3.05) is 19.5 Å². The molecule has 2 aromatic carbocycles. The van der Waals surface area contributed by atoms with Crippen molar-refractivity contribution in [1.82, 2.24) is 0 Å². The van der Waals surface area contributed by atoms with E-state index >= 15 is 0 Å². The molecule has 2 aromatic rings. The number of ether oxygens (including phenoxy) is 2. The summed E-state index contributed by atoms with van der Waals surface area (Å²) in [5, 5.41) is 3.23. The molecule has 0 fully saturated rings. The second-order valence-electron chi connectivity index (χ2n) is 4.56. The molecule has 5 heteroatoms. The van der Waals surface area contributed by atoms with Crippen LogP contribution in [0.3, 0.4) is 0 Å². The lowest BCUT2D eigenvalue weighted by Gasteiger charge is -2.14. The molecule has 0 radical (unpaired) electrons. The zero-order valence-electron chi connectivity index (χ0n) is 12.2. The van der Waals surface area contributed by atoms with Crippen LogP contribution in [0.4, 0.5) is 10.1 Å². The fraction of sp³-hybridized carbons (Fsp3) is 0.250. The number of methoxy groups -OCH3 is 2. The van der Waals surface area contributed by atoms with Crippen molar-refractivity contribution in [2.45, 2.75) is 13.5 Å². The SMILES string of the molecule is COc1cc(Br)c(CNc2cccc(F)c2C)cc1OC. The summed E-state index contributed by atoms with van der Waals surface area (Å²) in [4.78, 5) is 0. The Morgan fingerprint density at radius 1 is 1.14 bits per heavy atom. The third-order valence-corrected chi connectivity index (χ3v) is 4.03. The predicted molar refractivity (Wildman–Crippen MR) is 85.7 cm³/mol. The van der Waals surface area contributed by atoms with Crippen LogP contribution in [0.1, 0.15) is 11.1 Å². The van der Waals surface area contributed by atoms with E-state index in [9.17, 15) is 4.39 Å². The third kappa shape index (κ3) is 3.47. The molecule has 3 nitrogen and oxygen atoms in total. The second kappa shape index (κ2) is 6.80. The Morgan fingerprint density at radius 3 is 2.48 bits per heavy atom. The van der Waals surface area contributed by atoms with E-state index in [1.54, 1.807) is 27.2 Å². The van der Waals surface area contributed by atoms with Gasteiger partial charge in [0.1, 0.15) is 5.82 Å². The Hall–Kier alpha value is -1.75. The van der Waals surface area contributed by atoms with Gasteiger partial charge in [0.15, 0.2) is 11.5 Å². The van der Waals surface area contributed by atoms with Crippen molar-refractivity contribution in [1.29, 1.82) is 0 Å². The fourth-order valence-corrected chi connectivity index (χ4v) is 2.48. The maximum atomic E-state index is 13.5. The molecule has 0 aliphatic rings. The summed E-state index contributed by atoms with van der Waals surface area (Å²) in [6.07, 6.45) is 0. The topological polar surface area (TPSA) is 30.5 Å². The van der Waals surface area contributed by atoms with E-state index in [4.69, 9.17) is 9.47 Å². The summed E-state index contributed by atoms with van der Waals surface area (Å²) in [6.45, 7) is 2.30. The van der Waals surface area contributed by atoms with E-state index < -0.39 is 0 Å². The monoisotopic (exact) mass is 353 g/mol.